The van der Waals surface area contributed by atoms with Gasteiger partial charge in [0.05, 0.1) is 0 Å². The van der Waals surface area contributed by atoms with Crippen molar-refractivity contribution in [1.29, 1.82) is 0 Å². The molecule has 1 heterocycles. The Hall–Kier alpha value is -3.48. The monoisotopic (exact) mass is 1220 g/mol. The van der Waals surface area contributed by atoms with Gasteiger partial charge in [0.2, 0.25) is 0 Å². The van der Waals surface area contributed by atoms with Crippen molar-refractivity contribution in [2.75, 3.05) is 105 Å². The molecule has 0 aromatic rings. The van der Waals surface area contributed by atoms with E-state index in [9.17, 15) is 39.6 Å². The average molecular weight is 1220 g/mol. The van der Waals surface area contributed by atoms with Gasteiger partial charge in [-0.15, -0.1) is 0 Å². The molecule has 1 aliphatic heterocycles. The van der Waals surface area contributed by atoms with Gasteiger partial charge in [-0.1, -0.05) is 151 Å². The first-order valence-electron chi connectivity index (χ1n) is 34.6. The van der Waals surface area contributed by atoms with Crippen LogP contribution in [0.2, 0.25) is 0 Å². The molecule has 1 rings (SSSR count). The molecular weight excluding hydrogens is 1090 g/mol. The van der Waals surface area contributed by atoms with Gasteiger partial charge in [0.25, 0.3) is 0 Å². The van der Waals surface area contributed by atoms with Crippen LogP contribution in [0.5, 0.6) is 0 Å². The largest absolute Gasteiger partial charge is 0.463 e. The second-order valence-corrected chi connectivity index (χ2v) is 24.2. The van der Waals surface area contributed by atoms with E-state index >= 15 is 0 Å². The third kappa shape index (κ3) is 52.5. The van der Waals surface area contributed by atoms with E-state index in [4.69, 9.17) is 18.9 Å². The number of ether oxygens (including phenoxy) is 4. The molecule has 1 aliphatic rings. The molecule has 0 bridgehead atoms. The molecule has 0 aromatic carbocycles. The van der Waals surface area contributed by atoms with E-state index in [1.165, 1.54) is 51.4 Å². The maximum absolute atomic E-state index is 12.8. The van der Waals surface area contributed by atoms with Crippen molar-refractivity contribution in [2.45, 2.75) is 270 Å². The van der Waals surface area contributed by atoms with Gasteiger partial charge in [-0.3, -0.25) is 38.8 Å². The highest BCUT2D eigenvalue weighted by molar-refractivity contribution is 5.70. The predicted molar refractivity (Wildman–Crippen MR) is 350 cm³/mol. The van der Waals surface area contributed by atoms with Crippen LogP contribution in [0.3, 0.4) is 0 Å². The molecule has 1 saturated heterocycles. The van der Waals surface area contributed by atoms with Gasteiger partial charge in [-0.25, -0.2) is 0 Å². The van der Waals surface area contributed by atoms with E-state index in [0.29, 0.717) is 90.9 Å². The number of hydrogen-bond acceptors (Lipinski definition) is 16. The third-order valence-electron chi connectivity index (χ3n) is 15.9. The van der Waals surface area contributed by atoms with Crippen LogP contribution in [0.4, 0.5) is 0 Å². The van der Waals surface area contributed by atoms with Crippen LogP contribution >= 0.6 is 0 Å². The summed E-state index contributed by atoms with van der Waals surface area (Å²) in [4.78, 5) is 59.7. The minimum atomic E-state index is -0.926. The van der Waals surface area contributed by atoms with Crippen LogP contribution in [-0.4, -0.2) is 193 Å². The molecule has 0 aliphatic carbocycles. The highest BCUT2D eigenvalue weighted by Crippen LogP contribution is 2.15. The Balaban J connectivity index is 3.13. The zero-order valence-corrected chi connectivity index (χ0v) is 55.1. The van der Waals surface area contributed by atoms with Crippen molar-refractivity contribution in [3.05, 3.63) is 48.6 Å². The fourth-order valence-electron chi connectivity index (χ4n) is 10.8. The lowest BCUT2D eigenvalue weighted by Gasteiger charge is -2.34. The molecule has 4 N–H and O–H groups in total. The summed E-state index contributed by atoms with van der Waals surface area (Å²) in [5.74, 6) is -1.23. The van der Waals surface area contributed by atoms with Gasteiger partial charge in [-0.2, -0.15) is 0 Å². The minimum absolute atomic E-state index is 0.113. The number of esters is 4. The highest BCUT2D eigenvalue weighted by atomic mass is 16.6. The summed E-state index contributed by atoms with van der Waals surface area (Å²) < 4.78 is 22.3. The number of unbranched alkanes of at least 4 members (excludes halogenated alkanes) is 24. The Morgan fingerprint density at radius 2 is 0.488 bits per heavy atom. The molecule has 1 fully saturated rings. The Kier molecular flexibility index (Phi) is 55.4. The lowest BCUT2D eigenvalue weighted by molar-refractivity contribution is -0.148. The first kappa shape index (κ1) is 80.5. The predicted octanol–water partition coefficient (Wildman–Crippen LogP) is 12.4. The van der Waals surface area contributed by atoms with Crippen molar-refractivity contribution in [1.82, 2.24) is 19.6 Å². The summed E-state index contributed by atoms with van der Waals surface area (Å²) in [6.07, 6.45) is 45.7. The van der Waals surface area contributed by atoms with E-state index < -0.39 is 24.4 Å². The van der Waals surface area contributed by atoms with E-state index in [-0.39, 0.29) is 76.5 Å². The number of hydrogen-bond donors (Lipinski definition) is 4. The summed E-state index contributed by atoms with van der Waals surface area (Å²) >= 11 is 0. The molecule has 500 valence electrons. The maximum atomic E-state index is 12.8. The van der Waals surface area contributed by atoms with Crippen LogP contribution in [0.25, 0.3) is 0 Å². The Bertz CT molecular complexity index is 1490. The molecule has 16 nitrogen and oxygen atoms in total. The van der Waals surface area contributed by atoms with Gasteiger partial charge in [0.15, 0.2) is 0 Å². The molecular formula is C70H128N4O12. The Morgan fingerprint density at radius 1 is 0.302 bits per heavy atom. The number of carbonyl (C=O) groups excluding carboxylic acids is 4. The number of aliphatic hydroxyl groups is 4. The number of nitrogens with zero attached hydrogens (tertiary/aromatic N) is 4. The van der Waals surface area contributed by atoms with Crippen molar-refractivity contribution in [2.24, 2.45) is 0 Å². The Morgan fingerprint density at radius 3 is 0.686 bits per heavy atom. The first-order valence-corrected chi connectivity index (χ1v) is 34.6. The van der Waals surface area contributed by atoms with Gasteiger partial charge >= 0.3 is 23.9 Å². The first-order chi connectivity index (χ1) is 41.9. The summed E-state index contributed by atoms with van der Waals surface area (Å²) in [6, 6.07) is 0. The average Bonchev–Trinajstić information content (AvgIpc) is 3.67. The maximum Gasteiger partial charge on any atom is 0.305 e. The fourth-order valence-corrected chi connectivity index (χ4v) is 10.8. The number of carbonyl (C=O) groups is 4. The topological polar surface area (TPSA) is 199 Å². The SMILES string of the molecule is C/C=C\CCCCCCCCC(=O)OCC(O)CN1CCCN(CC(O)COC(=O)CCCCCCCC/C=C\C)CCN(CC(O)COC(=O)CCCCCCCC/C=C\C)CCCN(CC(O)COC(=O)CCCCCCCC/C=C\C)CC1. The van der Waals surface area contributed by atoms with Gasteiger partial charge in [-0.05, 0) is 144 Å². The van der Waals surface area contributed by atoms with Gasteiger partial charge in [0, 0.05) is 78.0 Å². The van der Waals surface area contributed by atoms with Crippen LogP contribution in [0.1, 0.15) is 246 Å². The van der Waals surface area contributed by atoms with Crippen molar-refractivity contribution < 1.29 is 58.6 Å². The van der Waals surface area contributed by atoms with Crippen LogP contribution in [0.15, 0.2) is 48.6 Å². The summed E-state index contributed by atoms with van der Waals surface area (Å²) in [5, 5.41) is 45.3. The molecule has 86 heavy (non-hydrogen) atoms. The fraction of sp³-hybridized carbons (Fsp3) is 0.829. The molecule has 0 saturated carbocycles. The summed E-state index contributed by atoms with van der Waals surface area (Å²) in [5.41, 5.74) is 0. The van der Waals surface area contributed by atoms with Crippen LogP contribution in [-0.2, 0) is 38.1 Å². The Labute approximate surface area is 523 Å². The van der Waals surface area contributed by atoms with E-state index in [2.05, 4.69) is 68.2 Å². The van der Waals surface area contributed by atoms with E-state index in [0.717, 1.165) is 128 Å². The highest BCUT2D eigenvalue weighted by Gasteiger charge is 2.23. The molecule has 0 spiro atoms. The van der Waals surface area contributed by atoms with Crippen LogP contribution < -0.4 is 0 Å². The number of β-amino-alcohol motifs (C(OH)–C–C–N with tert-alkyl or cyclic N) is 4. The minimum Gasteiger partial charge on any atom is -0.463 e. The lowest BCUT2D eigenvalue weighted by Crippen LogP contribution is -2.47. The van der Waals surface area contributed by atoms with Crippen molar-refractivity contribution in [3.63, 3.8) is 0 Å². The smallest absolute Gasteiger partial charge is 0.305 e. The second kappa shape index (κ2) is 59.2. The lowest BCUT2D eigenvalue weighted by atomic mass is 10.1. The van der Waals surface area contributed by atoms with Gasteiger partial charge < -0.3 is 39.4 Å². The van der Waals surface area contributed by atoms with Crippen molar-refractivity contribution >= 4 is 23.9 Å². The van der Waals surface area contributed by atoms with Crippen LogP contribution in [0, 0.1) is 0 Å². The van der Waals surface area contributed by atoms with E-state index in [1.54, 1.807) is 0 Å². The molecule has 0 radical (unpaired) electrons. The molecule has 4 unspecified atom stereocenters. The number of rotatable bonds is 52. The molecule has 4 atom stereocenters. The van der Waals surface area contributed by atoms with E-state index in [1.807, 2.05) is 27.7 Å². The molecule has 16 heteroatoms. The zero-order valence-electron chi connectivity index (χ0n) is 55.1. The summed E-state index contributed by atoms with van der Waals surface area (Å²) in [6.45, 7) is 13.2. The number of aliphatic hydroxyl groups excluding tert-OH is 4. The second-order valence-electron chi connectivity index (χ2n) is 24.2. The number of allylic oxidation sites excluding steroid dienone is 8. The van der Waals surface area contributed by atoms with Gasteiger partial charge in [0.1, 0.15) is 50.8 Å². The zero-order chi connectivity index (χ0) is 62.8. The summed E-state index contributed by atoms with van der Waals surface area (Å²) in [7, 11) is 0. The quantitative estimate of drug-likeness (QED) is 0.0194. The molecule has 0 aromatic heterocycles. The van der Waals surface area contributed by atoms with Crippen molar-refractivity contribution in [3.8, 4) is 0 Å². The third-order valence-corrected chi connectivity index (χ3v) is 15.9. The standard InChI is InChI=1S/C70H128N4O12/c1-5-9-13-17-21-25-29-33-37-43-67(79)83-59-63(75)55-71-47-41-48-73(57-65(77)61-85-69(81)45-39-35-31-27-23-19-15-11-7-3)53-54-74(58-66(78)62-86-70(82)46-40-36-32-28-24-20-16-12-8-4)50-42-49-72(52-51-71)56-64(76)60-84-68(80)44-38-34-30-26-22-18-14-10-6-2/h5-12,63-66,75-78H,13-62H2,1-4H3/b9-5-,10-6-,11-7-,12-8-. The normalized spacial score (nSPS) is 16.5. The molecule has 0 amide bonds.